The molecule has 2 aliphatic rings. The molecule has 0 saturated carbocycles. The molecule has 0 bridgehead atoms. The molecule has 8 nitrogen and oxygen atoms in total. The number of amides is 4. The number of hydrogen-bond acceptors (Lipinski definition) is 4. The summed E-state index contributed by atoms with van der Waals surface area (Å²) in [7, 11) is 0. The van der Waals surface area contributed by atoms with E-state index >= 15 is 0 Å². The van der Waals surface area contributed by atoms with Gasteiger partial charge in [0.15, 0.2) is 5.78 Å². The van der Waals surface area contributed by atoms with Crippen LogP contribution in [0.15, 0.2) is 0 Å². The second-order valence-electron chi connectivity index (χ2n) is 8.41. The van der Waals surface area contributed by atoms with Crippen LogP contribution in [0.2, 0.25) is 0 Å². The molecule has 0 aromatic rings. The number of likely N-dealkylation sites (tertiary alicyclic amines) is 2. The van der Waals surface area contributed by atoms with Crippen LogP contribution in [0.3, 0.4) is 0 Å². The Morgan fingerprint density at radius 1 is 1.04 bits per heavy atom. The van der Waals surface area contributed by atoms with Crippen molar-refractivity contribution < 1.29 is 19.2 Å². The lowest BCUT2D eigenvalue weighted by Crippen LogP contribution is -2.54. The number of nitrogens with two attached hydrogens (primary N) is 1. The molecule has 27 heavy (non-hydrogen) atoms. The summed E-state index contributed by atoms with van der Waals surface area (Å²) in [4.78, 5) is 52.7. The van der Waals surface area contributed by atoms with Crippen LogP contribution >= 0.6 is 0 Å². The molecule has 0 radical (unpaired) electrons. The van der Waals surface area contributed by atoms with Crippen LogP contribution < -0.4 is 11.1 Å². The topological polar surface area (TPSA) is 113 Å². The van der Waals surface area contributed by atoms with E-state index in [2.05, 4.69) is 5.32 Å². The highest BCUT2D eigenvalue weighted by atomic mass is 16.2. The molecule has 2 saturated heterocycles. The van der Waals surface area contributed by atoms with Gasteiger partial charge in [-0.1, -0.05) is 27.7 Å². The predicted octanol–water partition coefficient (Wildman–Crippen LogP) is 0.888. The quantitative estimate of drug-likeness (QED) is 0.712. The first-order valence-electron chi connectivity index (χ1n) is 9.75. The van der Waals surface area contributed by atoms with Gasteiger partial charge in [0.2, 0.25) is 11.8 Å². The fourth-order valence-electron chi connectivity index (χ4n) is 3.71. The van der Waals surface area contributed by atoms with Crippen molar-refractivity contribution in [3.8, 4) is 0 Å². The zero-order chi connectivity index (χ0) is 20.4. The van der Waals surface area contributed by atoms with Gasteiger partial charge in [-0.2, -0.15) is 0 Å². The van der Waals surface area contributed by atoms with Crippen LogP contribution in [0.5, 0.6) is 0 Å². The van der Waals surface area contributed by atoms with Gasteiger partial charge in [0, 0.05) is 18.5 Å². The summed E-state index contributed by atoms with van der Waals surface area (Å²) in [5, 5.41) is 2.45. The fraction of sp³-hybridized carbons (Fsp3) is 0.789. The minimum Gasteiger partial charge on any atom is -0.368 e. The van der Waals surface area contributed by atoms with Crippen molar-refractivity contribution in [3.05, 3.63) is 0 Å². The maximum atomic E-state index is 13.2. The molecule has 3 N–H and O–H groups in total. The van der Waals surface area contributed by atoms with Crippen molar-refractivity contribution in [1.29, 1.82) is 0 Å². The summed E-state index contributed by atoms with van der Waals surface area (Å²) in [5.74, 6) is -0.555. The zero-order valence-corrected chi connectivity index (χ0v) is 16.8. The average molecular weight is 380 g/mol. The monoisotopic (exact) mass is 380 g/mol. The minimum absolute atomic E-state index is 0.00363. The molecule has 0 aliphatic carbocycles. The molecule has 1 unspecified atom stereocenters. The van der Waals surface area contributed by atoms with Crippen LogP contribution in [0.4, 0.5) is 4.79 Å². The van der Waals surface area contributed by atoms with Crippen molar-refractivity contribution >= 4 is 23.6 Å². The van der Waals surface area contributed by atoms with Gasteiger partial charge in [-0.25, -0.2) is 4.79 Å². The van der Waals surface area contributed by atoms with Crippen molar-refractivity contribution in [1.82, 2.24) is 15.1 Å². The Bertz CT molecular complexity index is 617. The first-order chi connectivity index (χ1) is 12.6. The highest BCUT2D eigenvalue weighted by Crippen LogP contribution is 2.33. The maximum absolute atomic E-state index is 13.2. The largest absolute Gasteiger partial charge is 0.368 e. The summed E-state index contributed by atoms with van der Waals surface area (Å²) in [6.07, 6.45) is 2.72. The van der Waals surface area contributed by atoms with E-state index in [0.717, 1.165) is 12.8 Å². The molecule has 0 aromatic carbocycles. The summed E-state index contributed by atoms with van der Waals surface area (Å²) in [6.45, 7) is 8.62. The Kier molecular flexibility index (Phi) is 6.49. The Morgan fingerprint density at radius 2 is 1.56 bits per heavy atom. The normalized spacial score (nSPS) is 23.0. The molecular weight excluding hydrogens is 348 g/mol. The number of nitrogens with zero attached hydrogens (tertiary/aromatic N) is 2. The van der Waals surface area contributed by atoms with Crippen LogP contribution in [-0.2, 0) is 14.4 Å². The molecule has 2 atom stereocenters. The number of Topliss-reactive ketones (excluding diaryl/α,β-unsaturated/α-hetero) is 1. The standard InChI is InChI=1S/C19H32N4O4/c1-12(2)19(3,4)17(26)22-9-5-7-13(22)16(25)14-8-6-10-23(14)18(27)21-11-15(20)24/h12-14H,5-11H2,1-4H3,(H2,20,24)(H,21,27)/t13-,14?/m0/s1. The third-order valence-corrected chi connectivity index (χ3v) is 6.09. The van der Waals surface area contributed by atoms with E-state index in [0.29, 0.717) is 25.9 Å². The van der Waals surface area contributed by atoms with Gasteiger partial charge >= 0.3 is 6.03 Å². The van der Waals surface area contributed by atoms with Crippen molar-refractivity contribution in [2.75, 3.05) is 19.6 Å². The van der Waals surface area contributed by atoms with Gasteiger partial charge in [-0.05, 0) is 31.6 Å². The third-order valence-electron chi connectivity index (χ3n) is 6.09. The number of ketones is 1. The number of nitrogens with one attached hydrogen (secondary N) is 1. The lowest BCUT2D eigenvalue weighted by atomic mass is 9.79. The Balaban J connectivity index is 2.11. The van der Waals surface area contributed by atoms with E-state index in [-0.39, 0.29) is 24.2 Å². The Labute approximate surface area is 160 Å². The van der Waals surface area contributed by atoms with Crippen LogP contribution in [0.1, 0.15) is 53.4 Å². The third kappa shape index (κ3) is 4.42. The molecule has 2 heterocycles. The lowest BCUT2D eigenvalue weighted by Gasteiger charge is -2.36. The molecule has 0 spiro atoms. The van der Waals surface area contributed by atoms with E-state index in [1.807, 2.05) is 27.7 Å². The van der Waals surface area contributed by atoms with Gasteiger partial charge < -0.3 is 20.9 Å². The SMILES string of the molecule is CC(C)C(C)(C)C(=O)N1CCC[C@H]1C(=O)C1CCCN1C(=O)NCC(N)=O. The van der Waals surface area contributed by atoms with E-state index in [4.69, 9.17) is 5.73 Å². The molecule has 2 aliphatic heterocycles. The van der Waals surface area contributed by atoms with Crippen molar-refractivity contribution in [3.63, 3.8) is 0 Å². The van der Waals surface area contributed by atoms with Crippen molar-refractivity contribution in [2.24, 2.45) is 17.1 Å². The number of urea groups is 1. The van der Waals surface area contributed by atoms with Gasteiger partial charge in [0.25, 0.3) is 0 Å². The highest BCUT2D eigenvalue weighted by Gasteiger charge is 2.45. The number of primary amides is 1. The second-order valence-corrected chi connectivity index (χ2v) is 8.41. The van der Waals surface area contributed by atoms with E-state index < -0.39 is 29.4 Å². The maximum Gasteiger partial charge on any atom is 0.318 e. The molecule has 4 amide bonds. The summed E-state index contributed by atoms with van der Waals surface area (Å²) in [6, 6.07) is -1.49. The average Bonchev–Trinajstić information content (AvgIpc) is 3.27. The molecule has 152 valence electrons. The predicted molar refractivity (Wildman–Crippen MR) is 101 cm³/mol. The molecule has 2 fully saturated rings. The molecule has 8 heteroatoms. The van der Waals surface area contributed by atoms with Crippen molar-refractivity contribution in [2.45, 2.75) is 65.5 Å². The van der Waals surface area contributed by atoms with Gasteiger partial charge in [-0.15, -0.1) is 0 Å². The first-order valence-corrected chi connectivity index (χ1v) is 9.75. The number of hydrogen-bond donors (Lipinski definition) is 2. The first kappa shape index (κ1) is 21.2. The van der Waals surface area contributed by atoms with Crippen LogP contribution in [0, 0.1) is 11.3 Å². The lowest BCUT2D eigenvalue weighted by molar-refractivity contribution is -0.147. The van der Waals surface area contributed by atoms with E-state index in [1.54, 1.807) is 4.90 Å². The zero-order valence-electron chi connectivity index (χ0n) is 16.8. The van der Waals surface area contributed by atoms with Gasteiger partial charge in [-0.3, -0.25) is 14.4 Å². The van der Waals surface area contributed by atoms with E-state index in [9.17, 15) is 19.2 Å². The number of carbonyl (C=O) groups is 4. The molecule has 0 aromatic heterocycles. The van der Waals surface area contributed by atoms with E-state index in [1.165, 1.54) is 4.90 Å². The molecule has 2 rings (SSSR count). The Hall–Kier alpha value is -2.12. The highest BCUT2D eigenvalue weighted by molar-refractivity contribution is 5.97. The van der Waals surface area contributed by atoms with Crippen LogP contribution in [0.25, 0.3) is 0 Å². The minimum atomic E-state index is -0.631. The fourth-order valence-corrected chi connectivity index (χ4v) is 3.71. The summed E-state index contributed by atoms with van der Waals surface area (Å²) in [5.41, 5.74) is 4.52. The summed E-state index contributed by atoms with van der Waals surface area (Å²) < 4.78 is 0. The Morgan fingerprint density at radius 3 is 2.07 bits per heavy atom. The molecular formula is C19H32N4O4. The smallest absolute Gasteiger partial charge is 0.318 e. The van der Waals surface area contributed by atoms with Gasteiger partial charge in [0.1, 0.15) is 0 Å². The van der Waals surface area contributed by atoms with Gasteiger partial charge in [0.05, 0.1) is 18.6 Å². The number of rotatable bonds is 6. The second kappa shape index (κ2) is 8.27. The summed E-state index contributed by atoms with van der Waals surface area (Å²) >= 11 is 0. The van der Waals surface area contributed by atoms with Crippen LogP contribution in [-0.4, -0.2) is 65.1 Å². The number of carbonyl (C=O) groups excluding carboxylic acids is 4.